The maximum absolute atomic E-state index is 13.8. The van der Waals surface area contributed by atoms with Crippen LogP contribution in [-0.4, -0.2) is 48.2 Å². The van der Waals surface area contributed by atoms with E-state index < -0.39 is 23.8 Å². The van der Waals surface area contributed by atoms with E-state index in [2.05, 4.69) is 48.6 Å². The number of amides is 1. The number of aryl methyl sites for hydroxylation is 1. The predicted molar refractivity (Wildman–Crippen MR) is 165 cm³/mol. The highest BCUT2D eigenvalue weighted by Gasteiger charge is 2.24. The molecule has 222 valence electrons. The lowest BCUT2D eigenvalue weighted by atomic mass is 10.0. The monoisotopic (exact) mass is 615 g/mol. The largest absolute Gasteiger partial charge is 0.390 e. The highest BCUT2D eigenvalue weighted by atomic mass is 35.5. The Kier molecular flexibility index (Phi) is 16.5. The molecule has 0 bridgehead atoms. The lowest BCUT2D eigenvalue weighted by Gasteiger charge is -2.25. The fourth-order valence-electron chi connectivity index (χ4n) is 4.33. The molecule has 0 aliphatic heterocycles. The molecule has 0 saturated heterocycles. The molecular weight excluding hydrogens is 575 g/mol. The van der Waals surface area contributed by atoms with Gasteiger partial charge in [0.15, 0.2) is 0 Å². The fraction of sp³-hybridized carbons (Fsp3) is 0.433. The molecule has 3 N–H and O–H groups in total. The number of carbonyl (C=O) groups is 1. The number of carbonyl (C=O) groups excluding carboxylic acids is 1. The van der Waals surface area contributed by atoms with Crippen LogP contribution in [0.1, 0.15) is 57.9 Å². The van der Waals surface area contributed by atoms with Crippen LogP contribution < -0.4 is 10.6 Å². The Morgan fingerprint density at radius 2 is 1.70 bits per heavy atom. The molecule has 0 aliphatic carbocycles. The maximum atomic E-state index is 13.8. The molecule has 0 spiro atoms. The van der Waals surface area contributed by atoms with E-state index in [4.69, 9.17) is 0 Å². The molecule has 0 fully saturated rings. The van der Waals surface area contributed by atoms with Crippen LogP contribution in [0.2, 0.25) is 0 Å². The van der Waals surface area contributed by atoms with E-state index in [0.717, 1.165) is 48.9 Å². The molecule has 0 unspecified atom stereocenters. The zero-order chi connectivity index (χ0) is 27.5. The van der Waals surface area contributed by atoms with Gasteiger partial charge in [0.2, 0.25) is 0 Å². The van der Waals surface area contributed by atoms with E-state index in [-0.39, 0.29) is 43.7 Å². The molecule has 0 radical (unpaired) electrons. The minimum absolute atomic E-state index is 0. The summed E-state index contributed by atoms with van der Waals surface area (Å²) in [6.45, 7) is 6.76. The first-order valence-corrected chi connectivity index (χ1v) is 14.1. The van der Waals surface area contributed by atoms with Gasteiger partial charge >= 0.3 is 0 Å². The number of nitrogens with one attached hydrogen (secondary N) is 2. The van der Waals surface area contributed by atoms with Gasteiger partial charge in [0.05, 0.1) is 17.0 Å². The van der Waals surface area contributed by atoms with Gasteiger partial charge in [-0.1, -0.05) is 44.5 Å². The average Bonchev–Trinajstić information content (AvgIpc) is 3.35. The van der Waals surface area contributed by atoms with Gasteiger partial charge in [-0.15, -0.1) is 36.2 Å². The Morgan fingerprint density at radius 1 is 1.00 bits per heavy atom. The van der Waals surface area contributed by atoms with Crippen molar-refractivity contribution in [2.45, 2.75) is 64.8 Å². The second-order valence-electron chi connectivity index (χ2n) is 9.79. The molecule has 2 atom stereocenters. The summed E-state index contributed by atoms with van der Waals surface area (Å²) in [6.07, 6.45) is 2.30. The van der Waals surface area contributed by atoms with E-state index in [1.165, 1.54) is 29.0 Å². The summed E-state index contributed by atoms with van der Waals surface area (Å²) < 4.78 is 27.7. The number of benzene rings is 2. The maximum Gasteiger partial charge on any atom is 0.261 e. The van der Waals surface area contributed by atoms with Crippen LogP contribution in [0.15, 0.2) is 54.6 Å². The topological polar surface area (TPSA) is 64.6 Å². The SMILES string of the molecule is CCCCN(C)Cc1ccc(C(=O)N[C@@H](Cc2cc(F)cc(F)c2)[C@@H](O)CNCc2cccc(CC)c2)s1.Cl.Cl. The zero-order valence-corrected chi connectivity index (χ0v) is 25.7. The normalized spacial score (nSPS) is 12.4. The molecule has 40 heavy (non-hydrogen) atoms. The number of aliphatic hydroxyl groups is 1. The highest BCUT2D eigenvalue weighted by molar-refractivity contribution is 7.14. The van der Waals surface area contributed by atoms with Crippen molar-refractivity contribution in [3.63, 3.8) is 0 Å². The number of halogens is 4. The van der Waals surface area contributed by atoms with Crippen LogP contribution in [0.3, 0.4) is 0 Å². The van der Waals surface area contributed by atoms with E-state index in [1.54, 1.807) is 6.07 Å². The van der Waals surface area contributed by atoms with Gasteiger partial charge in [-0.25, -0.2) is 8.78 Å². The van der Waals surface area contributed by atoms with E-state index in [9.17, 15) is 18.7 Å². The molecule has 3 rings (SSSR count). The third kappa shape index (κ3) is 11.8. The standard InChI is InChI=1S/C30H39F2N3O2S.2ClH/c1-4-6-12-35(3)20-26-10-11-29(38-26)30(37)34-27(16-23-14-24(31)17-25(32)15-23)28(36)19-33-18-22-9-7-8-21(5-2)13-22;;/h7-11,13-15,17,27-28,33,36H,4-6,12,16,18-20H2,1-3H3,(H,34,37);2*1H/t27-,28-;;/m0../s1. The fourth-order valence-corrected chi connectivity index (χ4v) is 5.32. The molecule has 1 amide bonds. The second-order valence-corrected chi connectivity index (χ2v) is 11.0. The van der Waals surface area contributed by atoms with Gasteiger partial charge < -0.3 is 20.6 Å². The van der Waals surface area contributed by atoms with Gasteiger partial charge in [0.1, 0.15) is 11.6 Å². The van der Waals surface area contributed by atoms with Crippen molar-refractivity contribution in [3.8, 4) is 0 Å². The van der Waals surface area contributed by atoms with Crippen LogP contribution in [0.5, 0.6) is 0 Å². The first-order chi connectivity index (χ1) is 18.3. The Bertz CT molecular complexity index is 1160. The number of rotatable bonds is 15. The molecule has 1 heterocycles. The summed E-state index contributed by atoms with van der Waals surface area (Å²) in [5, 5.41) is 17.2. The smallest absolute Gasteiger partial charge is 0.261 e. The zero-order valence-electron chi connectivity index (χ0n) is 23.3. The van der Waals surface area contributed by atoms with E-state index in [0.29, 0.717) is 17.0 Å². The summed E-state index contributed by atoms with van der Waals surface area (Å²) in [5.41, 5.74) is 2.70. The van der Waals surface area contributed by atoms with Gasteiger partial charge in [0.25, 0.3) is 5.91 Å². The van der Waals surface area contributed by atoms with Crippen LogP contribution in [0, 0.1) is 11.6 Å². The molecule has 0 saturated carbocycles. The second kappa shape index (κ2) is 18.4. The third-order valence-corrected chi connectivity index (χ3v) is 7.51. The van der Waals surface area contributed by atoms with Crippen molar-refractivity contribution < 1.29 is 18.7 Å². The Morgan fingerprint density at radius 3 is 2.38 bits per heavy atom. The third-order valence-electron chi connectivity index (χ3n) is 6.45. The minimum atomic E-state index is -0.973. The summed E-state index contributed by atoms with van der Waals surface area (Å²) in [5.74, 6) is -1.69. The molecule has 1 aromatic heterocycles. The van der Waals surface area contributed by atoms with Crippen LogP contribution in [0.4, 0.5) is 8.78 Å². The number of nitrogens with zero attached hydrogens (tertiary/aromatic N) is 1. The first kappa shape index (κ1) is 36.0. The van der Waals surface area contributed by atoms with Gasteiger partial charge in [-0.3, -0.25) is 4.79 Å². The summed E-state index contributed by atoms with van der Waals surface area (Å²) >= 11 is 1.42. The van der Waals surface area contributed by atoms with Crippen molar-refractivity contribution >= 4 is 42.1 Å². The highest BCUT2D eigenvalue weighted by Crippen LogP contribution is 2.19. The lowest BCUT2D eigenvalue weighted by molar-refractivity contribution is 0.0833. The van der Waals surface area contributed by atoms with Crippen molar-refractivity contribution in [1.29, 1.82) is 0 Å². The number of hydrogen-bond donors (Lipinski definition) is 3. The van der Waals surface area contributed by atoms with Crippen molar-refractivity contribution in [2.24, 2.45) is 0 Å². The van der Waals surface area contributed by atoms with Crippen molar-refractivity contribution in [2.75, 3.05) is 20.1 Å². The average molecular weight is 617 g/mol. The molecule has 0 aliphatic rings. The van der Waals surface area contributed by atoms with Crippen LogP contribution >= 0.6 is 36.2 Å². The van der Waals surface area contributed by atoms with Gasteiger partial charge in [-0.05, 0) is 73.8 Å². The Balaban J connectivity index is 0.00000400. The van der Waals surface area contributed by atoms with Gasteiger partial charge in [0, 0.05) is 30.6 Å². The Hall–Kier alpha value is -2.07. The number of unbranched alkanes of at least 4 members (excludes halogenated alkanes) is 1. The molecule has 10 heteroatoms. The summed E-state index contributed by atoms with van der Waals surface area (Å²) in [4.78, 5) is 17.0. The minimum Gasteiger partial charge on any atom is -0.390 e. The molecule has 5 nitrogen and oxygen atoms in total. The van der Waals surface area contributed by atoms with Crippen LogP contribution in [-0.2, 0) is 25.9 Å². The summed E-state index contributed by atoms with van der Waals surface area (Å²) in [7, 11) is 2.06. The first-order valence-electron chi connectivity index (χ1n) is 13.3. The Labute approximate surface area is 253 Å². The number of hydrogen-bond acceptors (Lipinski definition) is 5. The van der Waals surface area contributed by atoms with Gasteiger partial charge in [-0.2, -0.15) is 0 Å². The van der Waals surface area contributed by atoms with Crippen molar-refractivity contribution in [3.05, 3.63) is 92.7 Å². The van der Waals surface area contributed by atoms with E-state index in [1.807, 2.05) is 18.2 Å². The van der Waals surface area contributed by atoms with Crippen molar-refractivity contribution in [1.82, 2.24) is 15.5 Å². The molecular formula is C30H41Cl2F2N3O2S. The lowest BCUT2D eigenvalue weighted by Crippen LogP contribution is -2.48. The summed E-state index contributed by atoms with van der Waals surface area (Å²) in [6, 6.07) is 14.5. The van der Waals surface area contributed by atoms with E-state index >= 15 is 0 Å². The predicted octanol–water partition coefficient (Wildman–Crippen LogP) is 6.16. The molecule has 3 aromatic rings. The quantitative estimate of drug-likeness (QED) is 0.192. The number of thiophene rings is 1. The molecule has 2 aromatic carbocycles. The number of aliphatic hydroxyl groups excluding tert-OH is 1. The van der Waals surface area contributed by atoms with Crippen LogP contribution in [0.25, 0.3) is 0 Å².